The summed E-state index contributed by atoms with van der Waals surface area (Å²) in [5.41, 5.74) is 2.15. The van der Waals surface area contributed by atoms with Gasteiger partial charge in [-0.05, 0) is 24.6 Å². The first-order valence-electron chi connectivity index (χ1n) is 8.98. The molecule has 0 fully saturated rings. The zero-order chi connectivity index (χ0) is 17.9. The lowest BCUT2D eigenvalue weighted by Gasteiger charge is -2.16. The number of hydrogen-bond acceptors (Lipinski definition) is 3. The molecule has 0 radical (unpaired) electrons. The molecule has 5 heteroatoms. The lowest BCUT2D eigenvalue weighted by molar-refractivity contribution is 0.280. The van der Waals surface area contributed by atoms with E-state index < -0.39 is 0 Å². The second-order valence-electron chi connectivity index (χ2n) is 6.11. The summed E-state index contributed by atoms with van der Waals surface area (Å²) in [4.78, 5) is 0. The van der Waals surface area contributed by atoms with E-state index >= 15 is 0 Å². The first kappa shape index (κ1) is 22.6. The molecule has 0 heterocycles. The highest BCUT2D eigenvalue weighted by Crippen LogP contribution is 2.35. The lowest BCUT2D eigenvalue weighted by atomic mass is 10.1. The van der Waals surface area contributed by atoms with Crippen molar-refractivity contribution >= 4 is 24.0 Å². The van der Waals surface area contributed by atoms with Crippen molar-refractivity contribution in [2.45, 2.75) is 45.8 Å². The second kappa shape index (κ2) is 12.9. The first-order valence-corrected chi connectivity index (χ1v) is 9.36. The summed E-state index contributed by atoms with van der Waals surface area (Å²) < 4.78 is 11.5. The van der Waals surface area contributed by atoms with Crippen molar-refractivity contribution in [2.75, 3.05) is 13.7 Å². The highest BCUT2D eigenvalue weighted by Gasteiger charge is 2.13. The number of unbranched alkanes of at least 4 members (excludes halogenated alkanes) is 3. The SMILES string of the molecule is CCCCCCNCc1cc(Cl)cc(OC)c1OCc1ccccc1.Cl. The zero-order valence-electron chi connectivity index (χ0n) is 15.6. The number of methoxy groups -OCH3 is 1. The Morgan fingerprint density at radius 1 is 1.04 bits per heavy atom. The Hall–Kier alpha value is -1.42. The first-order chi connectivity index (χ1) is 12.2. The highest BCUT2D eigenvalue weighted by molar-refractivity contribution is 6.30. The molecule has 0 aliphatic heterocycles. The minimum atomic E-state index is 0. The van der Waals surface area contributed by atoms with Gasteiger partial charge in [0, 0.05) is 23.2 Å². The third-order valence-corrected chi connectivity index (χ3v) is 4.28. The van der Waals surface area contributed by atoms with Gasteiger partial charge in [-0.15, -0.1) is 12.4 Å². The molecule has 3 nitrogen and oxygen atoms in total. The molecule has 2 rings (SSSR count). The van der Waals surface area contributed by atoms with Crippen LogP contribution in [0.1, 0.15) is 43.7 Å². The fourth-order valence-electron chi connectivity index (χ4n) is 2.70. The fourth-order valence-corrected chi connectivity index (χ4v) is 2.93. The summed E-state index contributed by atoms with van der Waals surface area (Å²) in [5, 5.41) is 4.14. The largest absolute Gasteiger partial charge is 0.493 e. The van der Waals surface area contributed by atoms with E-state index in [1.165, 1.54) is 25.7 Å². The number of benzene rings is 2. The van der Waals surface area contributed by atoms with Gasteiger partial charge in [0.05, 0.1) is 7.11 Å². The van der Waals surface area contributed by atoms with Crippen molar-refractivity contribution in [1.82, 2.24) is 5.32 Å². The van der Waals surface area contributed by atoms with Crippen LogP contribution in [0.2, 0.25) is 5.02 Å². The molecule has 0 saturated carbocycles. The van der Waals surface area contributed by atoms with E-state index in [0.29, 0.717) is 23.9 Å². The maximum atomic E-state index is 6.24. The average Bonchev–Trinajstić information content (AvgIpc) is 2.64. The minimum Gasteiger partial charge on any atom is -0.493 e. The number of ether oxygens (including phenoxy) is 2. The van der Waals surface area contributed by atoms with Gasteiger partial charge in [-0.2, -0.15) is 0 Å². The quantitative estimate of drug-likeness (QED) is 0.470. The van der Waals surface area contributed by atoms with Crippen molar-refractivity contribution in [3.63, 3.8) is 0 Å². The van der Waals surface area contributed by atoms with Crippen molar-refractivity contribution < 1.29 is 9.47 Å². The van der Waals surface area contributed by atoms with E-state index in [9.17, 15) is 0 Å². The number of halogens is 2. The predicted molar refractivity (Wildman–Crippen MR) is 112 cm³/mol. The molecule has 0 bridgehead atoms. The van der Waals surface area contributed by atoms with Crippen LogP contribution in [0.25, 0.3) is 0 Å². The summed E-state index contributed by atoms with van der Waals surface area (Å²) >= 11 is 6.24. The molecular formula is C21H29Cl2NO2. The summed E-state index contributed by atoms with van der Waals surface area (Å²) in [5.74, 6) is 1.43. The van der Waals surface area contributed by atoms with Gasteiger partial charge in [-0.3, -0.25) is 0 Å². The molecule has 0 aliphatic carbocycles. The zero-order valence-corrected chi connectivity index (χ0v) is 17.2. The molecule has 0 atom stereocenters. The topological polar surface area (TPSA) is 30.5 Å². The van der Waals surface area contributed by atoms with Crippen LogP contribution in [-0.2, 0) is 13.2 Å². The Kier molecular flexibility index (Phi) is 11.2. The number of hydrogen-bond donors (Lipinski definition) is 1. The van der Waals surface area contributed by atoms with Gasteiger partial charge in [0.2, 0.25) is 0 Å². The molecule has 0 saturated heterocycles. The normalized spacial score (nSPS) is 10.3. The van der Waals surface area contributed by atoms with Gasteiger partial charge in [0.25, 0.3) is 0 Å². The highest BCUT2D eigenvalue weighted by atomic mass is 35.5. The van der Waals surface area contributed by atoms with Crippen molar-refractivity contribution in [1.29, 1.82) is 0 Å². The van der Waals surface area contributed by atoms with E-state index in [-0.39, 0.29) is 12.4 Å². The van der Waals surface area contributed by atoms with E-state index in [0.717, 1.165) is 23.4 Å². The van der Waals surface area contributed by atoms with Crippen LogP contribution >= 0.6 is 24.0 Å². The molecule has 26 heavy (non-hydrogen) atoms. The minimum absolute atomic E-state index is 0. The molecular weight excluding hydrogens is 369 g/mol. The Labute approximate surface area is 168 Å². The molecule has 0 aliphatic rings. The van der Waals surface area contributed by atoms with Crippen LogP contribution in [-0.4, -0.2) is 13.7 Å². The van der Waals surface area contributed by atoms with Gasteiger partial charge >= 0.3 is 0 Å². The second-order valence-corrected chi connectivity index (χ2v) is 6.54. The monoisotopic (exact) mass is 397 g/mol. The van der Waals surface area contributed by atoms with E-state index in [2.05, 4.69) is 12.2 Å². The molecule has 2 aromatic carbocycles. The van der Waals surface area contributed by atoms with Gasteiger partial charge in [0.15, 0.2) is 11.5 Å². The average molecular weight is 398 g/mol. The van der Waals surface area contributed by atoms with Gasteiger partial charge in [-0.25, -0.2) is 0 Å². The molecule has 144 valence electrons. The van der Waals surface area contributed by atoms with Gasteiger partial charge in [-0.1, -0.05) is 68.1 Å². The van der Waals surface area contributed by atoms with Crippen LogP contribution in [0.4, 0.5) is 0 Å². The van der Waals surface area contributed by atoms with Crippen LogP contribution in [0, 0.1) is 0 Å². The van der Waals surface area contributed by atoms with Gasteiger partial charge < -0.3 is 14.8 Å². The van der Waals surface area contributed by atoms with Crippen molar-refractivity contribution in [3.05, 3.63) is 58.6 Å². The Bertz CT molecular complexity index is 635. The Morgan fingerprint density at radius 2 is 1.81 bits per heavy atom. The van der Waals surface area contributed by atoms with E-state index in [4.69, 9.17) is 21.1 Å². The number of rotatable bonds is 11. The lowest BCUT2D eigenvalue weighted by Crippen LogP contribution is -2.16. The van der Waals surface area contributed by atoms with Crippen LogP contribution in [0.15, 0.2) is 42.5 Å². The number of nitrogens with one attached hydrogen (secondary N) is 1. The molecule has 0 unspecified atom stereocenters. The smallest absolute Gasteiger partial charge is 0.166 e. The van der Waals surface area contributed by atoms with Crippen molar-refractivity contribution in [3.8, 4) is 11.5 Å². The van der Waals surface area contributed by atoms with Crippen molar-refractivity contribution in [2.24, 2.45) is 0 Å². The van der Waals surface area contributed by atoms with E-state index in [1.54, 1.807) is 13.2 Å². The third kappa shape index (κ3) is 7.45. The van der Waals surface area contributed by atoms with E-state index in [1.807, 2.05) is 36.4 Å². The summed E-state index contributed by atoms with van der Waals surface area (Å²) in [6, 6.07) is 13.9. The van der Waals surface area contributed by atoms with Crippen LogP contribution < -0.4 is 14.8 Å². The maximum absolute atomic E-state index is 6.24. The van der Waals surface area contributed by atoms with Gasteiger partial charge in [0.1, 0.15) is 6.61 Å². The summed E-state index contributed by atoms with van der Waals surface area (Å²) in [6.45, 7) is 4.44. The standard InChI is InChI=1S/C21H28ClNO2.ClH/c1-3-4-5-9-12-23-15-18-13-19(22)14-20(24-2)21(18)25-16-17-10-7-6-8-11-17;/h6-8,10-11,13-14,23H,3-5,9,12,15-16H2,1-2H3;1H. The Morgan fingerprint density at radius 3 is 2.50 bits per heavy atom. The predicted octanol–water partition coefficient (Wildman–Crippen LogP) is 6.02. The Balaban J connectivity index is 0.00000338. The molecule has 0 aromatic heterocycles. The maximum Gasteiger partial charge on any atom is 0.166 e. The van der Waals surface area contributed by atoms with Crippen LogP contribution in [0.5, 0.6) is 11.5 Å². The third-order valence-electron chi connectivity index (χ3n) is 4.07. The molecule has 1 N–H and O–H groups in total. The molecule has 0 amide bonds. The van der Waals surface area contributed by atoms with Crippen LogP contribution in [0.3, 0.4) is 0 Å². The summed E-state index contributed by atoms with van der Waals surface area (Å²) in [6.07, 6.45) is 4.99. The fraction of sp³-hybridized carbons (Fsp3) is 0.429. The molecule has 0 spiro atoms. The summed E-state index contributed by atoms with van der Waals surface area (Å²) in [7, 11) is 1.64. The molecule has 2 aromatic rings.